The van der Waals surface area contributed by atoms with Gasteiger partial charge in [-0.25, -0.2) is 8.42 Å². The summed E-state index contributed by atoms with van der Waals surface area (Å²) in [5.74, 6) is -1.10. The molecule has 0 atom stereocenters. The summed E-state index contributed by atoms with van der Waals surface area (Å²) in [5.41, 5.74) is 2.10. The first-order chi connectivity index (χ1) is 12.3. The summed E-state index contributed by atoms with van der Waals surface area (Å²) in [5, 5.41) is 11.4. The monoisotopic (exact) mass is 375 g/mol. The van der Waals surface area contributed by atoms with Crippen molar-refractivity contribution in [3.63, 3.8) is 0 Å². The van der Waals surface area contributed by atoms with Gasteiger partial charge >= 0.3 is 5.97 Å². The quantitative estimate of drug-likeness (QED) is 0.739. The van der Waals surface area contributed by atoms with Gasteiger partial charge in [0.05, 0.1) is 17.1 Å². The predicted octanol–water partition coefficient (Wildman–Crippen LogP) is 2.68. The molecular formula is C19H21NO5S. The molecule has 0 saturated carbocycles. The van der Waals surface area contributed by atoms with Gasteiger partial charge in [-0.2, -0.15) is 0 Å². The molecule has 0 radical (unpaired) electrons. The molecule has 1 amide bonds. The first kappa shape index (κ1) is 19.7. The maximum atomic E-state index is 12.2. The number of nitrogens with one attached hydrogen (secondary N) is 1. The lowest BCUT2D eigenvalue weighted by Crippen LogP contribution is -2.15. The number of hydrogen-bond acceptors (Lipinski definition) is 4. The van der Waals surface area contributed by atoms with Gasteiger partial charge in [0.25, 0.3) is 0 Å². The third kappa shape index (κ3) is 5.70. The fraction of sp³-hybridized carbons (Fsp3) is 0.263. The largest absolute Gasteiger partial charge is 0.481 e. The highest BCUT2D eigenvalue weighted by atomic mass is 32.2. The van der Waals surface area contributed by atoms with Crippen molar-refractivity contribution in [1.82, 2.24) is 0 Å². The molecule has 0 aliphatic carbocycles. The van der Waals surface area contributed by atoms with E-state index in [1.54, 1.807) is 43.3 Å². The molecule has 0 aliphatic rings. The zero-order chi connectivity index (χ0) is 19.2. The molecule has 2 aromatic carbocycles. The molecule has 0 saturated heterocycles. The molecule has 138 valence electrons. The van der Waals surface area contributed by atoms with Gasteiger partial charge in [0.2, 0.25) is 5.91 Å². The lowest BCUT2D eigenvalue weighted by atomic mass is 10.1. The first-order valence-corrected chi connectivity index (χ1v) is 9.87. The number of aryl methyl sites for hydroxylation is 1. The Hall–Kier alpha value is -2.67. The number of anilines is 1. The van der Waals surface area contributed by atoms with Gasteiger partial charge in [0.1, 0.15) is 0 Å². The SMILES string of the molecule is CCS(=O)(=O)c1cccc(CC(=O)Nc2ccc(CCC(=O)O)cc2)c1. The highest BCUT2D eigenvalue weighted by Crippen LogP contribution is 2.15. The van der Waals surface area contributed by atoms with Crippen molar-refractivity contribution in [3.05, 3.63) is 59.7 Å². The number of rotatable bonds is 8. The van der Waals surface area contributed by atoms with Crippen LogP contribution in [-0.4, -0.2) is 31.2 Å². The predicted molar refractivity (Wildman–Crippen MR) is 98.9 cm³/mol. The fourth-order valence-corrected chi connectivity index (χ4v) is 3.36. The van der Waals surface area contributed by atoms with Crippen LogP contribution in [-0.2, 0) is 32.3 Å². The molecule has 0 heterocycles. The maximum Gasteiger partial charge on any atom is 0.303 e. The van der Waals surface area contributed by atoms with Crippen molar-refractivity contribution in [2.24, 2.45) is 0 Å². The van der Waals surface area contributed by atoms with Crippen LogP contribution in [0.2, 0.25) is 0 Å². The average molecular weight is 375 g/mol. The van der Waals surface area contributed by atoms with Gasteiger partial charge < -0.3 is 10.4 Å². The number of amides is 1. The van der Waals surface area contributed by atoms with Gasteiger partial charge in [0.15, 0.2) is 9.84 Å². The Kier molecular flexibility index (Phi) is 6.52. The van der Waals surface area contributed by atoms with Crippen LogP contribution in [0, 0.1) is 0 Å². The van der Waals surface area contributed by atoms with E-state index in [9.17, 15) is 18.0 Å². The number of carboxylic acid groups (broad SMARTS) is 1. The van der Waals surface area contributed by atoms with Crippen molar-refractivity contribution in [3.8, 4) is 0 Å². The number of benzene rings is 2. The molecule has 26 heavy (non-hydrogen) atoms. The van der Waals surface area contributed by atoms with Crippen LogP contribution in [0.5, 0.6) is 0 Å². The van der Waals surface area contributed by atoms with E-state index in [2.05, 4.69) is 5.32 Å². The van der Waals surface area contributed by atoms with E-state index in [0.29, 0.717) is 17.7 Å². The minimum Gasteiger partial charge on any atom is -0.481 e. The van der Waals surface area contributed by atoms with Gasteiger partial charge in [-0.1, -0.05) is 31.2 Å². The molecule has 0 spiro atoms. The minimum absolute atomic E-state index is 0.0108. The highest BCUT2D eigenvalue weighted by Gasteiger charge is 2.13. The number of carboxylic acids is 1. The molecule has 0 unspecified atom stereocenters. The van der Waals surface area contributed by atoms with E-state index < -0.39 is 15.8 Å². The second kappa shape index (κ2) is 8.62. The zero-order valence-electron chi connectivity index (χ0n) is 14.4. The van der Waals surface area contributed by atoms with Crippen LogP contribution in [0.25, 0.3) is 0 Å². The van der Waals surface area contributed by atoms with Crippen molar-refractivity contribution >= 4 is 27.4 Å². The van der Waals surface area contributed by atoms with E-state index in [-0.39, 0.29) is 29.4 Å². The molecule has 2 rings (SSSR count). The summed E-state index contributed by atoms with van der Waals surface area (Å²) in [4.78, 5) is 23.0. The van der Waals surface area contributed by atoms with Crippen LogP contribution >= 0.6 is 0 Å². The molecule has 2 aromatic rings. The summed E-state index contributed by atoms with van der Waals surface area (Å²) >= 11 is 0. The number of hydrogen-bond donors (Lipinski definition) is 2. The lowest BCUT2D eigenvalue weighted by molar-refractivity contribution is -0.137. The topological polar surface area (TPSA) is 101 Å². The Labute approximate surface area is 152 Å². The number of carbonyl (C=O) groups is 2. The molecule has 0 aliphatic heterocycles. The Morgan fingerprint density at radius 3 is 2.35 bits per heavy atom. The van der Waals surface area contributed by atoms with Gasteiger partial charge in [0, 0.05) is 12.1 Å². The van der Waals surface area contributed by atoms with Crippen molar-refractivity contribution < 1.29 is 23.1 Å². The second-order valence-corrected chi connectivity index (χ2v) is 8.14. The van der Waals surface area contributed by atoms with Gasteiger partial charge in [-0.3, -0.25) is 9.59 Å². The lowest BCUT2D eigenvalue weighted by Gasteiger charge is -2.08. The molecule has 7 heteroatoms. The van der Waals surface area contributed by atoms with Crippen LogP contribution in [0.1, 0.15) is 24.5 Å². The maximum absolute atomic E-state index is 12.2. The van der Waals surface area contributed by atoms with Crippen molar-refractivity contribution in [2.75, 3.05) is 11.1 Å². The summed E-state index contributed by atoms with van der Waals surface area (Å²) < 4.78 is 23.8. The van der Waals surface area contributed by atoms with Crippen LogP contribution in [0.4, 0.5) is 5.69 Å². The Bertz CT molecular complexity index is 888. The van der Waals surface area contributed by atoms with E-state index in [0.717, 1.165) is 5.56 Å². The van der Waals surface area contributed by atoms with Gasteiger partial charge in [-0.05, 0) is 41.8 Å². The van der Waals surface area contributed by atoms with E-state index in [4.69, 9.17) is 5.11 Å². The number of aliphatic carboxylic acids is 1. The molecule has 0 aromatic heterocycles. The smallest absolute Gasteiger partial charge is 0.303 e. The minimum atomic E-state index is -3.31. The summed E-state index contributed by atoms with van der Waals surface area (Å²) in [6.07, 6.45) is 0.554. The molecule has 0 fully saturated rings. The van der Waals surface area contributed by atoms with Crippen LogP contribution in [0.3, 0.4) is 0 Å². The van der Waals surface area contributed by atoms with Crippen LogP contribution < -0.4 is 5.32 Å². The summed E-state index contributed by atoms with van der Waals surface area (Å²) in [6.45, 7) is 1.58. The average Bonchev–Trinajstić information content (AvgIpc) is 2.61. The third-order valence-corrected chi connectivity index (χ3v) is 5.60. The molecule has 2 N–H and O–H groups in total. The summed E-state index contributed by atoms with van der Waals surface area (Å²) in [7, 11) is -3.31. The number of sulfone groups is 1. The van der Waals surface area contributed by atoms with Gasteiger partial charge in [-0.15, -0.1) is 0 Å². The second-order valence-electron chi connectivity index (χ2n) is 5.87. The standard InChI is InChI=1S/C19H21NO5S/c1-2-26(24,25)17-5-3-4-15(12-17)13-18(21)20-16-9-6-14(7-10-16)8-11-19(22)23/h3-7,9-10,12H,2,8,11,13H2,1H3,(H,20,21)(H,22,23). The zero-order valence-corrected chi connectivity index (χ0v) is 15.3. The number of carbonyl (C=O) groups excluding carboxylic acids is 1. The fourth-order valence-electron chi connectivity index (χ4n) is 2.41. The molecule has 0 bridgehead atoms. The normalized spacial score (nSPS) is 11.1. The molecular weight excluding hydrogens is 354 g/mol. The van der Waals surface area contributed by atoms with Crippen molar-refractivity contribution in [1.29, 1.82) is 0 Å². The first-order valence-electron chi connectivity index (χ1n) is 8.22. The van der Waals surface area contributed by atoms with E-state index in [1.807, 2.05) is 0 Å². The Morgan fingerprint density at radius 1 is 1.04 bits per heavy atom. The van der Waals surface area contributed by atoms with E-state index in [1.165, 1.54) is 12.1 Å². The highest BCUT2D eigenvalue weighted by molar-refractivity contribution is 7.91. The Morgan fingerprint density at radius 2 is 1.73 bits per heavy atom. The van der Waals surface area contributed by atoms with E-state index >= 15 is 0 Å². The molecule has 6 nitrogen and oxygen atoms in total. The van der Waals surface area contributed by atoms with Crippen molar-refractivity contribution in [2.45, 2.75) is 31.1 Å². The Balaban J connectivity index is 1.98. The third-order valence-electron chi connectivity index (χ3n) is 3.87. The van der Waals surface area contributed by atoms with Crippen LogP contribution in [0.15, 0.2) is 53.4 Å². The summed E-state index contributed by atoms with van der Waals surface area (Å²) in [6, 6.07) is 13.4.